The van der Waals surface area contributed by atoms with E-state index in [1.165, 1.54) is 0 Å². The van der Waals surface area contributed by atoms with Gasteiger partial charge in [0.2, 0.25) is 0 Å². The van der Waals surface area contributed by atoms with Crippen molar-refractivity contribution in [3.05, 3.63) is 64.1 Å². The molecule has 3 heterocycles. The Morgan fingerprint density at radius 3 is 2.52 bits per heavy atom. The van der Waals surface area contributed by atoms with Gasteiger partial charge in [-0.1, -0.05) is 17.7 Å². The zero-order chi connectivity index (χ0) is 16.4. The van der Waals surface area contributed by atoms with Crippen LogP contribution < -0.4 is 4.90 Å². The van der Waals surface area contributed by atoms with Gasteiger partial charge in [0.05, 0.1) is 23.5 Å². The number of anilines is 1. The summed E-state index contributed by atoms with van der Waals surface area (Å²) in [5.74, 6) is 1.64. The highest BCUT2D eigenvalue weighted by Crippen LogP contribution is 2.24. The van der Waals surface area contributed by atoms with Gasteiger partial charge < -0.3 is 4.90 Å². The molecule has 0 fully saturated rings. The first kappa shape index (κ1) is 16.0. The van der Waals surface area contributed by atoms with Crippen LogP contribution >= 0.6 is 27.5 Å². The minimum absolute atomic E-state index is 0.145. The third kappa shape index (κ3) is 3.54. The van der Waals surface area contributed by atoms with Crippen LogP contribution in [0.15, 0.2) is 53.5 Å². The molecule has 0 radical (unpaired) electrons. The Labute approximate surface area is 148 Å². The summed E-state index contributed by atoms with van der Waals surface area (Å²) in [6, 6.07) is 8.07. The average Bonchev–Trinajstić information content (AvgIpc) is 3.01. The third-order valence-electron chi connectivity index (χ3n) is 3.69. The lowest BCUT2D eigenvalue weighted by molar-refractivity contribution is 0.722. The van der Waals surface area contributed by atoms with E-state index in [4.69, 9.17) is 11.6 Å². The minimum atomic E-state index is 0.145. The fourth-order valence-electron chi connectivity index (χ4n) is 2.20. The number of aromatic nitrogens is 4. The van der Waals surface area contributed by atoms with Gasteiger partial charge in [-0.25, -0.2) is 14.6 Å². The van der Waals surface area contributed by atoms with Gasteiger partial charge in [0.25, 0.3) is 0 Å². The van der Waals surface area contributed by atoms with Gasteiger partial charge in [-0.15, -0.1) is 0 Å². The molecule has 118 valence electrons. The van der Waals surface area contributed by atoms with Crippen molar-refractivity contribution in [3.63, 3.8) is 0 Å². The van der Waals surface area contributed by atoms with Crippen molar-refractivity contribution in [3.8, 4) is 5.82 Å². The summed E-state index contributed by atoms with van der Waals surface area (Å²) in [6.07, 6.45) is 6.96. The highest BCUT2D eigenvalue weighted by atomic mass is 79.9. The topological polar surface area (TPSA) is 46.8 Å². The zero-order valence-corrected chi connectivity index (χ0v) is 15.0. The molecular weight excluding hydrogens is 378 g/mol. The smallest absolute Gasteiger partial charge is 0.153 e. The number of hydrogen-bond acceptors (Lipinski definition) is 4. The molecule has 0 aliphatic carbocycles. The van der Waals surface area contributed by atoms with Crippen LogP contribution in [0.1, 0.15) is 18.5 Å². The Balaban J connectivity index is 1.79. The Morgan fingerprint density at radius 2 is 1.96 bits per heavy atom. The quantitative estimate of drug-likeness (QED) is 0.665. The Kier molecular flexibility index (Phi) is 4.63. The maximum Gasteiger partial charge on any atom is 0.153 e. The molecule has 3 rings (SSSR count). The van der Waals surface area contributed by atoms with E-state index in [9.17, 15) is 0 Å². The third-order valence-corrected chi connectivity index (χ3v) is 4.36. The number of hydrogen-bond donors (Lipinski definition) is 0. The average molecular weight is 393 g/mol. The molecule has 5 nitrogen and oxygen atoms in total. The number of halogens is 2. The summed E-state index contributed by atoms with van der Waals surface area (Å²) in [4.78, 5) is 11.0. The van der Waals surface area contributed by atoms with E-state index < -0.39 is 0 Å². The number of nitrogens with zero attached hydrogens (tertiary/aromatic N) is 5. The maximum absolute atomic E-state index is 5.88. The highest BCUT2D eigenvalue weighted by molar-refractivity contribution is 9.10. The first-order valence-electron chi connectivity index (χ1n) is 7.05. The van der Waals surface area contributed by atoms with Crippen molar-refractivity contribution in [2.45, 2.75) is 13.0 Å². The normalized spacial score (nSPS) is 12.2. The lowest BCUT2D eigenvalue weighted by Crippen LogP contribution is -2.22. The molecular formula is C16H15BrClN5. The molecule has 0 aliphatic rings. The lowest BCUT2D eigenvalue weighted by atomic mass is 10.1. The molecule has 3 aromatic heterocycles. The lowest BCUT2D eigenvalue weighted by Gasteiger charge is -2.26. The second-order valence-electron chi connectivity index (χ2n) is 5.17. The van der Waals surface area contributed by atoms with E-state index in [-0.39, 0.29) is 6.04 Å². The predicted molar refractivity (Wildman–Crippen MR) is 95.1 cm³/mol. The number of pyridine rings is 2. The molecule has 0 amide bonds. The van der Waals surface area contributed by atoms with E-state index in [1.54, 1.807) is 23.3 Å². The molecule has 7 heteroatoms. The van der Waals surface area contributed by atoms with Crippen LogP contribution in [0, 0.1) is 0 Å². The van der Waals surface area contributed by atoms with E-state index in [2.05, 4.69) is 42.8 Å². The summed E-state index contributed by atoms with van der Waals surface area (Å²) < 4.78 is 2.61. The fraction of sp³-hybridized carbons (Fsp3) is 0.188. The second-order valence-corrected chi connectivity index (χ2v) is 6.53. The van der Waals surface area contributed by atoms with Gasteiger partial charge in [0.1, 0.15) is 5.82 Å². The maximum atomic E-state index is 5.88. The van der Waals surface area contributed by atoms with Crippen LogP contribution in [0.25, 0.3) is 5.82 Å². The second kappa shape index (κ2) is 6.68. The van der Waals surface area contributed by atoms with Crippen molar-refractivity contribution in [2.75, 3.05) is 11.9 Å². The SMILES string of the molecule is CC(c1ccc(-n2cc(Cl)cn2)nc1)N(C)c1ccc(Br)cn1. The molecule has 23 heavy (non-hydrogen) atoms. The first-order valence-corrected chi connectivity index (χ1v) is 8.22. The van der Waals surface area contributed by atoms with E-state index in [0.29, 0.717) is 5.02 Å². The van der Waals surface area contributed by atoms with Crippen molar-refractivity contribution in [2.24, 2.45) is 0 Å². The van der Waals surface area contributed by atoms with Crippen molar-refractivity contribution < 1.29 is 0 Å². The molecule has 0 spiro atoms. The van der Waals surface area contributed by atoms with Gasteiger partial charge in [-0.2, -0.15) is 5.10 Å². The molecule has 1 atom stereocenters. The summed E-state index contributed by atoms with van der Waals surface area (Å²) in [6.45, 7) is 2.12. The van der Waals surface area contributed by atoms with Crippen molar-refractivity contribution >= 4 is 33.3 Å². The molecule has 0 N–H and O–H groups in total. The van der Waals surface area contributed by atoms with Crippen LogP contribution in [0.3, 0.4) is 0 Å². The molecule has 0 saturated carbocycles. The van der Waals surface area contributed by atoms with Crippen molar-refractivity contribution in [1.29, 1.82) is 0 Å². The van der Waals surface area contributed by atoms with Gasteiger partial charge in [0.15, 0.2) is 5.82 Å². The summed E-state index contributed by atoms with van der Waals surface area (Å²) in [5, 5.41) is 4.74. The van der Waals surface area contributed by atoms with E-state index >= 15 is 0 Å². The molecule has 0 bridgehead atoms. The van der Waals surface area contributed by atoms with E-state index in [1.807, 2.05) is 37.5 Å². The molecule has 0 saturated heterocycles. The molecule has 0 aliphatic heterocycles. The Bertz CT molecular complexity index is 785. The fourth-order valence-corrected chi connectivity index (χ4v) is 2.58. The van der Waals surface area contributed by atoms with Crippen molar-refractivity contribution in [1.82, 2.24) is 19.7 Å². The van der Waals surface area contributed by atoms with Crippen LogP contribution in [0.4, 0.5) is 5.82 Å². The molecule has 3 aromatic rings. The predicted octanol–water partition coefficient (Wildman–Crippen LogP) is 4.28. The number of rotatable bonds is 4. The molecule has 1 unspecified atom stereocenters. The summed E-state index contributed by atoms with van der Waals surface area (Å²) in [7, 11) is 2.02. The summed E-state index contributed by atoms with van der Waals surface area (Å²) in [5.41, 5.74) is 1.10. The van der Waals surface area contributed by atoms with E-state index in [0.717, 1.165) is 21.7 Å². The monoisotopic (exact) mass is 391 g/mol. The minimum Gasteiger partial charge on any atom is -0.353 e. The molecule has 0 aromatic carbocycles. The zero-order valence-electron chi connectivity index (χ0n) is 12.7. The van der Waals surface area contributed by atoms with Gasteiger partial charge >= 0.3 is 0 Å². The largest absolute Gasteiger partial charge is 0.353 e. The first-order chi connectivity index (χ1) is 11.0. The van der Waals surface area contributed by atoms with Gasteiger partial charge in [0, 0.05) is 23.9 Å². The standard InChI is InChI=1S/C16H15BrClN5/c1-11(22(2)15-6-4-13(17)8-20-15)12-3-5-16(19-7-12)23-10-14(18)9-21-23/h3-11H,1-2H3. The Morgan fingerprint density at radius 1 is 1.13 bits per heavy atom. The van der Waals surface area contributed by atoms with Crippen LogP contribution in [-0.2, 0) is 0 Å². The van der Waals surface area contributed by atoms with Crippen LogP contribution in [-0.4, -0.2) is 26.8 Å². The van der Waals surface area contributed by atoms with Gasteiger partial charge in [-0.05, 0) is 46.6 Å². The van der Waals surface area contributed by atoms with Crippen LogP contribution in [0.5, 0.6) is 0 Å². The summed E-state index contributed by atoms with van der Waals surface area (Å²) >= 11 is 9.28. The van der Waals surface area contributed by atoms with Crippen LogP contribution in [0.2, 0.25) is 5.02 Å². The van der Waals surface area contributed by atoms with Gasteiger partial charge in [-0.3, -0.25) is 0 Å². The highest BCUT2D eigenvalue weighted by Gasteiger charge is 2.14. The Hall–Kier alpha value is -1.92.